The minimum absolute atomic E-state index is 0.100. The highest BCUT2D eigenvalue weighted by Gasteiger charge is 2.43. The van der Waals surface area contributed by atoms with Crippen molar-refractivity contribution in [2.75, 3.05) is 33.3 Å². The second-order valence-electron chi connectivity index (χ2n) is 8.28. The van der Waals surface area contributed by atoms with Crippen molar-refractivity contribution in [3.05, 3.63) is 39.2 Å². The van der Waals surface area contributed by atoms with Gasteiger partial charge in [0.2, 0.25) is 5.91 Å². The normalized spacial score (nSPS) is 21.6. The lowest BCUT2D eigenvalue weighted by molar-refractivity contribution is -0.138. The summed E-state index contributed by atoms with van der Waals surface area (Å²) in [6.45, 7) is 7.15. The molecule has 2 aliphatic heterocycles. The number of fused-ring (bicyclic) bond motifs is 2. The number of likely N-dealkylation sites (tertiary alicyclic amines) is 2. The summed E-state index contributed by atoms with van der Waals surface area (Å²) in [4.78, 5) is 40.6. The first-order valence-electron chi connectivity index (χ1n) is 9.96. The first-order chi connectivity index (χ1) is 13.8. The molecule has 0 bridgehead atoms. The van der Waals surface area contributed by atoms with E-state index in [1.165, 1.54) is 0 Å². The maximum absolute atomic E-state index is 12.8. The summed E-state index contributed by atoms with van der Waals surface area (Å²) in [5.74, 6) is 0.669. The number of aryl methyl sites for hydroxylation is 2. The van der Waals surface area contributed by atoms with Crippen molar-refractivity contribution in [2.45, 2.75) is 27.2 Å². The smallest absolute Gasteiger partial charge is 0.339 e. The Bertz CT molecular complexity index is 1060. The van der Waals surface area contributed by atoms with E-state index in [1.54, 1.807) is 22.8 Å². The van der Waals surface area contributed by atoms with Crippen LogP contribution in [0.3, 0.4) is 0 Å². The topological polar surface area (TPSA) is 80.1 Å². The fourth-order valence-corrected chi connectivity index (χ4v) is 4.43. The molecule has 1 aromatic carbocycles. The highest BCUT2D eigenvalue weighted by Crippen LogP contribution is 2.33. The molecule has 0 spiro atoms. The summed E-state index contributed by atoms with van der Waals surface area (Å²) in [6.07, 6.45) is 0.928. The summed E-state index contributed by atoms with van der Waals surface area (Å²) in [6, 6.07) is 3.65. The Labute approximate surface area is 169 Å². The summed E-state index contributed by atoms with van der Waals surface area (Å²) in [5, 5.41) is 0.715. The van der Waals surface area contributed by atoms with Gasteiger partial charge in [-0.1, -0.05) is 0 Å². The molecular formula is C22H26N2O5. The van der Waals surface area contributed by atoms with E-state index in [1.807, 2.05) is 27.0 Å². The van der Waals surface area contributed by atoms with Gasteiger partial charge in [-0.3, -0.25) is 9.59 Å². The van der Waals surface area contributed by atoms with E-state index < -0.39 is 0 Å². The zero-order valence-corrected chi connectivity index (χ0v) is 17.3. The molecule has 2 aliphatic rings. The van der Waals surface area contributed by atoms with Crippen molar-refractivity contribution in [2.24, 2.45) is 11.8 Å². The van der Waals surface area contributed by atoms with E-state index in [9.17, 15) is 14.4 Å². The summed E-state index contributed by atoms with van der Waals surface area (Å²) in [5.41, 5.74) is 2.30. The number of hydrogen-bond donors (Lipinski definition) is 0. The average Bonchev–Trinajstić information content (AvgIpc) is 3.12. The summed E-state index contributed by atoms with van der Waals surface area (Å²) < 4.78 is 11.3. The fourth-order valence-electron chi connectivity index (χ4n) is 4.43. The minimum atomic E-state index is -0.364. The van der Waals surface area contributed by atoms with Gasteiger partial charge in [0, 0.05) is 32.2 Å². The van der Waals surface area contributed by atoms with Gasteiger partial charge in [-0.2, -0.15) is 0 Å². The van der Waals surface area contributed by atoms with Gasteiger partial charge in [0.25, 0.3) is 5.91 Å². The monoisotopic (exact) mass is 398 g/mol. The van der Waals surface area contributed by atoms with Crippen LogP contribution in [0.4, 0.5) is 0 Å². The van der Waals surface area contributed by atoms with Crippen LogP contribution < -0.4 is 10.4 Å². The number of carbonyl (C=O) groups is 2. The number of nitrogens with zero attached hydrogens (tertiary/aromatic N) is 2. The molecule has 4 rings (SSSR count). The van der Waals surface area contributed by atoms with E-state index in [4.69, 9.17) is 9.15 Å². The Morgan fingerprint density at radius 3 is 2.69 bits per heavy atom. The molecule has 0 saturated carbocycles. The zero-order valence-electron chi connectivity index (χ0n) is 17.3. The van der Waals surface area contributed by atoms with Gasteiger partial charge in [-0.05, 0) is 56.4 Å². The molecule has 29 heavy (non-hydrogen) atoms. The Hall–Kier alpha value is -2.83. The molecule has 3 heterocycles. The highest BCUT2D eigenvalue weighted by molar-refractivity contribution is 5.89. The first kappa shape index (κ1) is 19.5. The number of benzene rings is 1. The molecule has 1 aromatic heterocycles. The van der Waals surface area contributed by atoms with E-state index in [0.29, 0.717) is 35.4 Å². The van der Waals surface area contributed by atoms with Crippen LogP contribution in [-0.4, -0.2) is 54.9 Å². The Morgan fingerprint density at radius 1 is 1.17 bits per heavy atom. The molecule has 7 nitrogen and oxygen atoms in total. The molecule has 0 radical (unpaired) electrons. The Balaban J connectivity index is 1.53. The van der Waals surface area contributed by atoms with Crippen LogP contribution >= 0.6 is 0 Å². The van der Waals surface area contributed by atoms with Crippen LogP contribution in [0, 0.1) is 32.6 Å². The maximum Gasteiger partial charge on any atom is 0.339 e. The molecule has 7 heteroatoms. The lowest BCUT2D eigenvalue weighted by atomic mass is 9.88. The minimum Gasteiger partial charge on any atom is -0.483 e. The van der Waals surface area contributed by atoms with E-state index in [0.717, 1.165) is 24.1 Å². The highest BCUT2D eigenvalue weighted by atomic mass is 16.5. The Morgan fingerprint density at radius 2 is 1.93 bits per heavy atom. The third kappa shape index (κ3) is 3.39. The predicted molar refractivity (Wildman–Crippen MR) is 108 cm³/mol. The number of hydrogen-bond acceptors (Lipinski definition) is 5. The van der Waals surface area contributed by atoms with Crippen LogP contribution in [-0.2, 0) is 9.59 Å². The van der Waals surface area contributed by atoms with Gasteiger partial charge in [-0.25, -0.2) is 4.79 Å². The van der Waals surface area contributed by atoms with Crippen LogP contribution in [0.15, 0.2) is 21.3 Å². The number of carbonyl (C=O) groups excluding carboxylic acids is 2. The second-order valence-corrected chi connectivity index (χ2v) is 8.28. The Kier molecular flexibility index (Phi) is 4.84. The van der Waals surface area contributed by atoms with Crippen molar-refractivity contribution in [1.82, 2.24) is 9.80 Å². The molecule has 2 saturated heterocycles. The predicted octanol–water partition coefficient (Wildman–Crippen LogP) is 2.03. The fraction of sp³-hybridized carbons (Fsp3) is 0.500. The SMILES string of the molecule is Cc1cc(OCC(=O)N2C[C@H]3CCN(C)C(=O)[C@H]3C2)c2c(C)c(C)c(=O)oc2c1. The standard InChI is InChI=1S/C22H26N2O5/c1-12-7-17(20-13(2)14(3)22(27)29-18(20)8-12)28-11-19(25)24-9-15-5-6-23(4)21(26)16(15)10-24/h7-8,15-16H,5-6,9-11H2,1-4H3/t15-,16+/m1/s1. The van der Waals surface area contributed by atoms with Crippen molar-refractivity contribution < 1.29 is 18.7 Å². The van der Waals surface area contributed by atoms with Crippen molar-refractivity contribution in [3.63, 3.8) is 0 Å². The van der Waals surface area contributed by atoms with Gasteiger partial charge in [-0.15, -0.1) is 0 Å². The van der Waals surface area contributed by atoms with Gasteiger partial charge in [0.1, 0.15) is 11.3 Å². The molecule has 0 aliphatic carbocycles. The zero-order chi connectivity index (χ0) is 20.9. The number of rotatable bonds is 3. The molecule has 0 N–H and O–H groups in total. The van der Waals surface area contributed by atoms with Crippen LogP contribution in [0.2, 0.25) is 0 Å². The number of amides is 2. The summed E-state index contributed by atoms with van der Waals surface area (Å²) >= 11 is 0. The third-order valence-electron chi connectivity index (χ3n) is 6.33. The average molecular weight is 398 g/mol. The molecular weight excluding hydrogens is 372 g/mol. The second kappa shape index (κ2) is 7.21. The lowest BCUT2D eigenvalue weighted by Gasteiger charge is -2.30. The largest absolute Gasteiger partial charge is 0.483 e. The molecule has 2 amide bonds. The molecule has 154 valence electrons. The van der Waals surface area contributed by atoms with Gasteiger partial charge >= 0.3 is 5.63 Å². The van der Waals surface area contributed by atoms with E-state index >= 15 is 0 Å². The van der Waals surface area contributed by atoms with Crippen LogP contribution in [0.1, 0.15) is 23.1 Å². The number of ether oxygens (including phenoxy) is 1. The molecule has 2 aromatic rings. The van der Waals surface area contributed by atoms with E-state index in [2.05, 4.69) is 0 Å². The van der Waals surface area contributed by atoms with E-state index in [-0.39, 0.29) is 35.9 Å². The molecule has 0 unspecified atom stereocenters. The third-order valence-corrected chi connectivity index (χ3v) is 6.33. The molecule has 2 atom stereocenters. The lowest BCUT2D eigenvalue weighted by Crippen LogP contribution is -2.42. The van der Waals surface area contributed by atoms with Crippen LogP contribution in [0.25, 0.3) is 11.0 Å². The van der Waals surface area contributed by atoms with Crippen molar-refractivity contribution >= 4 is 22.8 Å². The van der Waals surface area contributed by atoms with Gasteiger partial charge in [0.15, 0.2) is 6.61 Å². The number of piperidine rings is 1. The summed E-state index contributed by atoms with van der Waals surface area (Å²) in [7, 11) is 1.82. The van der Waals surface area contributed by atoms with Crippen molar-refractivity contribution in [3.8, 4) is 5.75 Å². The van der Waals surface area contributed by atoms with Crippen LogP contribution in [0.5, 0.6) is 5.75 Å². The quantitative estimate of drug-likeness (QED) is 0.739. The van der Waals surface area contributed by atoms with Gasteiger partial charge < -0.3 is 19.0 Å². The maximum atomic E-state index is 12.8. The van der Waals surface area contributed by atoms with Crippen molar-refractivity contribution in [1.29, 1.82) is 0 Å². The molecule has 2 fully saturated rings. The first-order valence-corrected chi connectivity index (χ1v) is 9.96. The van der Waals surface area contributed by atoms with Gasteiger partial charge in [0.05, 0.1) is 11.3 Å².